The maximum atomic E-state index is 13.3. The number of carbonyl (C=O) groups is 2. The first-order valence-electron chi connectivity index (χ1n) is 9.28. The molecule has 1 aliphatic rings. The molecule has 0 unspecified atom stereocenters. The number of nitrogens with zero attached hydrogens (tertiary/aromatic N) is 1. The molecule has 0 aromatic heterocycles. The zero-order chi connectivity index (χ0) is 21.4. The van der Waals surface area contributed by atoms with Crippen LogP contribution in [0.3, 0.4) is 0 Å². The smallest absolute Gasteiger partial charge is 0.316 e. The van der Waals surface area contributed by atoms with Gasteiger partial charge in [0, 0.05) is 0 Å². The van der Waals surface area contributed by atoms with Crippen molar-refractivity contribution in [1.29, 1.82) is 0 Å². The van der Waals surface area contributed by atoms with Gasteiger partial charge in [-0.1, -0.05) is 23.6 Å². The molecule has 0 saturated heterocycles. The van der Waals surface area contributed by atoms with Crippen LogP contribution in [0.1, 0.15) is 56.9 Å². The molecule has 0 fully saturated rings. The molecule has 1 aliphatic heterocycles. The Kier molecular flexibility index (Phi) is 5.77. The number of carbonyl (C=O) groups excluding carboxylic acids is 2. The van der Waals surface area contributed by atoms with Gasteiger partial charge in [-0.15, -0.1) is 6.42 Å². The minimum absolute atomic E-state index is 0.0607. The average molecular weight is 383 g/mol. The lowest BCUT2D eigenvalue weighted by Crippen LogP contribution is -2.44. The number of benzene rings is 1. The summed E-state index contributed by atoms with van der Waals surface area (Å²) >= 11 is 0. The first kappa shape index (κ1) is 21.7. The zero-order valence-electron chi connectivity index (χ0n) is 18.0. The van der Waals surface area contributed by atoms with Crippen LogP contribution in [-0.4, -0.2) is 29.1 Å². The van der Waals surface area contributed by atoms with Crippen LogP contribution in [0.2, 0.25) is 0 Å². The van der Waals surface area contributed by atoms with Crippen LogP contribution in [0.25, 0.3) is 5.57 Å². The maximum absolute atomic E-state index is 13.3. The largest absolute Gasteiger partial charge is 0.427 e. The highest BCUT2D eigenvalue weighted by molar-refractivity contribution is 6.23. The predicted octanol–water partition coefficient (Wildman–Crippen LogP) is 4.10. The molecular weight excluding hydrogens is 354 g/mol. The third-order valence-corrected chi connectivity index (χ3v) is 4.70. The van der Waals surface area contributed by atoms with Crippen LogP contribution in [0.5, 0.6) is 0 Å². The molecule has 0 spiro atoms. The van der Waals surface area contributed by atoms with E-state index in [0.29, 0.717) is 5.57 Å². The molecule has 1 amide bonds. The summed E-state index contributed by atoms with van der Waals surface area (Å²) in [6, 6.07) is 4.01. The van der Waals surface area contributed by atoms with E-state index in [-0.39, 0.29) is 18.3 Å². The van der Waals surface area contributed by atoms with Crippen molar-refractivity contribution in [2.75, 3.05) is 6.61 Å². The molecule has 0 atom stereocenters. The van der Waals surface area contributed by atoms with E-state index in [1.165, 1.54) is 5.06 Å². The summed E-state index contributed by atoms with van der Waals surface area (Å²) < 4.78 is 5.83. The van der Waals surface area contributed by atoms with Gasteiger partial charge in [-0.05, 0) is 72.1 Å². The summed E-state index contributed by atoms with van der Waals surface area (Å²) in [7, 11) is 0. The second-order valence-electron chi connectivity index (χ2n) is 8.75. The molecule has 0 N–H and O–H groups in total. The second kappa shape index (κ2) is 7.44. The summed E-state index contributed by atoms with van der Waals surface area (Å²) in [5.74, 6) is 1.87. The van der Waals surface area contributed by atoms with E-state index in [9.17, 15) is 9.59 Å². The highest BCUT2D eigenvalue weighted by Gasteiger charge is 2.50. The fraction of sp³-hybridized carbons (Fsp3) is 0.478. The van der Waals surface area contributed by atoms with Crippen molar-refractivity contribution >= 4 is 17.4 Å². The number of hydrogen-bond donors (Lipinski definition) is 0. The van der Waals surface area contributed by atoms with E-state index in [1.807, 2.05) is 32.9 Å². The van der Waals surface area contributed by atoms with Gasteiger partial charge in [0.15, 0.2) is 0 Å². The topological polar surface area (TPSA) is 55.8 Å². The first-order chi connectivity index (χ1) is 12.8. The van der Waals surface area contributed by atoms with Gasteiger partial charge in [0.1, 0.15) is 17.9 Å². The number of ether oxygens (including phenoxy) is 1. The van der Waals surface area contributed by atoms with Gasteiger partial charge in [-0.2, -0.15) is 0 Å². The van der Waals surface area contributed by atoms with Gasteiger partial charge < -0.3 is 4.74 Å². The fourth-order valence-corrected chi connectivity index (χ4v) is 3.39. The zero-order valence-corrected chi connectivity index (χ0v) is 18.0. The van der Waals surface area contributed by atoms with E-state index in [0.717, 1.165) is 22.3 Å². The minimum Gasteiger partial charge on any atom is -0.427 e. The molecule has 28 heavy (non-hydrogen) atoms. The third-order valence-electron chi connectivity index (χ3n) is 4.70. The van der Waals surface area contributed by atoms with Crippen molar-refractivity contribution in [3.05, 3.63) is 40.1 Å². The normalized spacial score (nSPS) is 16.4. The van der Waals surface area contributed by atoms with Gasteiger partial charge >= 0.3 is 5.97 Å². The molecular formula is C23H29NO4. The van der Waals surface area contributed by atoms with Gasteiger partial charge in [-0.3, -0.25) is 14.4 Å². The molecule has 150 valence electrons. The molecule has 5 nitrogen and oxygen atoms in total. The molecule has 2 rings (SSSR count). The number of rotatable bonds is 4. The third kappa shape index (κ3) is 3.83. The van der Waals surface area contributed by atoms with Crippen LogP contribution in [0.4, 0.5) is 0 Å². The molecule has 0 radical (unpaired) electrons. The number of hydrogen-bond acceptors (Lipinski definition) is 4. The van der Waals surface area contributed by atoms with Crippen LogP contribution >= 0.6 is 0 Å². The van der Waals surface area contributed by atoms with Gasteiger partial charge in [0.05, 0.1) is 11.0 Å². The molecule has 0 bridgehead atoms. The van der Waals surface area contributed by atoms with E-state index in [4.69, 9.17) is 16.0 Å². The number of hydroxylamine groups is 2. The summed E-state index contributed by atoms with van der Waals surface area (Å²) in [6.07, 6.45) is 5.31. The van der Waals surface area contributed by atoms with Crippen LogP contribution in [0, 0.1) is 38.5 Å². The SMILES string of the molecule is C#CCON1C(=O)C(c2c(C)cc(C)cc2C)=C(OC(=O)C(C)(C)C)C1(C)C. The Morgan fingerprint density at radius 1 is 1.18 bits per heavy atom. The van der Waals surface area contributed by atoms with Crippen molar-refractivity contribution in [3.63, 3.8) is 0 Å². The summed E-state index contributed by atoms with van der Waals surface area (Å²) in [4.78, 5) is 31.6. The van der Waals surface area contributed by atoms with Crippen molar-refractivity contribution in [1.82, 2.24) is 5.06 Å². The lowest BCUT2D eigenvalue weighted by Gasteiger charge is -2.32. The van der Waals surface area contributed by atoms with Crippen molar-refractivity contribution in [2.24, 2.45) is 5.41 Å². The second-order valence-corrected chi connectivity index (χ2v) is 8.75. The van der Waals surface area contributed by atoms with Crippen LogP contribution in [0.15, 0.2) is 17.9 Å². The Hall–Kier alpha value is -2.58. The molecule has 1 heterocycles. The highest BCUT2D eigenvalue weighted by Crippen LogP contribution is 2.43. The standard InChI is InChI=1S/C23H29NO4/c1-10-11-27-24-20(25)18(17-15(3)12-14(2)13-16(17)4)19(23(24,8)9)28-21(26)22(5,6)7/h1,12-13H,11H2,2-9H3. The molecule has 1 aromatic carbocycles. The average Bonchev–Trinajstić information content (AvgIpc) is 2.71. The quantitative estimate of drug-likeness (QED) is 0.580. The summed E-state index contributed by atoms with van der Waals surface area (Å²) in [5.41, 5.74) is 2.34. The lowest BCUT2D eigenvalue weighted by molar-refractivity contribution is -0.199. The summed E-state index contributed by atoms with van der Waals surface area (Å²) in [6.45, 7) is 14.7. The van der Waals surface area contributed by atoms with Gasteiger partial charge in [-0.25, -0.2) is 5.06 Å². The van der Waals surface area contributed by atoms with Crippen molar-refractivity contribution < 1.29 is 19.2 Å². The lowest BCUT2D eigenvalue weighted by atomic mass is 9.91. The minimum atomic E-state index is -0.992. The molecule has 1 aromatic rings. The number of esters is 1. The predicted molar refractivity (Wildman–Crippen MR) is 109 cm³/mol. The monoisotopic (exact) mass is 383 g/mol. The van der Waals surface area contributed by atoms with Crippen LogP contribution < -0.4 is 0 Å². The fourth-order valence-electron chi connectivity index (χ4n) is 3.39. The Labute approximate surface area is 167 Å². The molecule has 0 aliphatic carbocycles. The number of amides is 1. The Morgan fingerprint density at radius 2 is 1.71 bits per heavy atom. The van der Waals surface area contributed by atoms with E-state index < -0.39 is 16.9 Å². The number of terminal acetylenes is 1. The summed E-state index contributed by atoms with van der Waals surface area (Å²) in [5, 5.41) is 1.21. The first-order valence-corrected chi connectivity index (χ1v) is 9.28. The highest BCUT2D eigenvalue weighted by atomic mass is 16.7. The van der Waals surface area contributed by atoms with Gasteiger partial charge in [0.2, 0.25) is 0 Å². The maximum Gasteiger partial charge on any atom is 0.316 e. The molecule has 0 saturated carbocycles. The Morgan fingerprint density at radius 3 is 2.18 bits per heavy atom. The van der Waals surface area contributed by atoms with E-state index in [2.05, 4.69) is 5.92 Å². The van der Waals surface area contributed by atoms with Crippen LogP contribution in [-0.2, 0) is 19.2 Å². The van der Waals surface area contributed by atoms with Crippen molar-refractivity contribution in [2.45, 2.75) is 60.9 Å². The Bertz CT molecular complexity index is 871. The van der Waals surface area contributed by atoms with E-state index >= 15 is 0 Å². The number of aryl methyl sites for hydroxylation is 3. The van der Waals surface area contributed by atoms with Crippen molar-refractivity contribution in [3.8, 4) is 12.3 Å². The van der Waals surface area contributed by atoms with E-state index in [1.54, 1.807) is 34.6 Å². The molecule has 5 heteroatoms. The van der Waals surface area contributed by atoms with Gasteiger partial charge in [0.25, 0.3) is 5.91 Å². The Balaban J connectivity index is 2.73.